The summed E-state index contributed by atoms with van der Waals surface area (Å²) in [5.41, 5.74) is 3.21. The number of hydrogen-bond acceptors (Lipinski definition) is 0. The average molecular weight is 273 g/mol. The monoisotopic (exact) mass is 272 g/mol. The van der Waals surface area contributed by atoms with Crippen LogP contribution in [0.2, 0.25) is 0 Å². The second kappa shape index (κ2) is 6.78. The summed E-state index contributed by atoms with van der Waals surface area (Å²) in [5, 5.41) is 0. The van der Waals surface area contributed by atoms with E-state index in [0.29, 0.717) is 0 Å². The van der Waals surface area contributed by atoms with Gasteiger partial charge in [0, 0.05) is 4.47 Å². The van der Waals surface area contributed by atoms with Gasteiger partial charge in [-0.05, 0) is 44.0 Å². The Morgan fingerprint density at radius 3 is 2.20 bits per heavy atom. The van der Waals surface area contributed by atoms with Crippen molar-refractivity contribution in [1.82, 2.24) is 0 Å². The summed E-state index contributed by atoms with van der Waals surface area (Å²) in [5.74, 6) is -0.199. The molecular formula is C13H18BrF. The van der Waals surface area contributed by atoms with Crippen molar-refractivity contribution in [1.29, 1.82) is 0 Å². The van der Waals surface area contributed by atoms with Crippen LogP contribution in [0.4, 0.5) is 4.39 Å². The number of allylic oxidation sites excluding steroid dienone is 1. The predicted molar refractivity (Wildman–Crippen MR) is 69.5 cm³/mol. The zero-order chi connectivity index (χ0) is 12.0. The molecule has 0 aliphatic rings. The SMILES string of the molecule is CC.CC(C)=Cc1c(C)cc(F)cc1Br. The van der Waals surface area contributed by atoms with E-state index in [4.69, 9.17) is 0 Å². The van der Waals surface area contributed by atoms with Crippen molar-refractivity contribution < 1.29 is 4.39 Å². The molecule has 0 N–H and O–H groups in total. The third-order valence-corrected chi connectivity index (χ3v) is 2.39. The third kappa shape index (κ3) is 4.61. The molecule has 1 rings (SSSR count). The van der Waals surface area contributed by atoms with E-state index in [1.807, 2.05) is 40.7 Å². The van der Waals surface area contributed by atoms with E-state index in [0.717, 1.165) is 15.6 Å². The highest BCUT2D eigenvalue weighted by molar-refractivity contribution is 9.10. The van der Waals surface area contributed by atoms with E-state index in [2.05, 4.69) is 15.9 Å². The Morgan fingerprint density at radius 1 is 1.27 bits per heavy atom. The van der Waals surface area contributed by atoms with Crippen LogP contribution in [0.1, 0.15) is 38.8 Å². The lowest BCUT2D eigenvalue weighted by atomic mass is 10.1. The molecule has 0 bridgehead atoms. The van der Waals surface area contributed by atoms with Crippen molar-refractivity contribution in [2.24, 2.45) is 0 Å². The van der Waals surface area contributed by atoms with Crippen molar-refractivity contribution in [2.75, 3.05) is 0 Å². The normalized spacial score (nSPS) is 9.00. The van der Waals surface area contributed by atoms with Gasteiger partial charge in [0.2, 0.25) is 0 Å². The lowest BCUT2D eigenvalue weighted by Crippen LogP contribution is -1.86. The maximum absolute atomic E-state index is 12.9. The van der Waals surface area contributed by atoms with Gasteiger partial charge in [-0.1, -0.05) is 41.4 Å². The van der Waals surface area contributed by atoms with E-state index >= 15 is 0 Å². The fraction of sp³-hybridized carbons (Fsp3) is 0.385. The molecule has 15 heavy (non-hydrogen) atoms. The Labute approximate surface area is 100 Å². The lowest BCUT2D eigenvalue weighted by molar-refractivity contribution is 0.625. The molecule has 0 aliphatic carbocycles. The summed E-state index contributed by atoms with van der Waals surface area (Å²) in [6, 6.07) is 3.03. The number of benzene rings is 1. The van der Waals surface area contributed by atoms with Gasteiger partial charge in [0.25, 0.3) is 0 Å². The largest absolute Gasteiger partial charge is 0.207 e. The smallest absolute Gasteiger partial charge is 0.124 e. The van der Waals surface area contributed by atoms with Gasteiger partial charge in [0.05, 0.1) is 0 Å². The van der Waals surface area contributed by atoms with E-state index in [1.165, 1.54) is 11.6 Å². The minimum Gasteiger partial charge on any atom is -0.207 e. The van der Waals surface area contributed by atoms with Crippen LogP contribution in [0, 0.1) is 12.7 Å². The van der Waals surface area contributed by atoms with Gasteiger partial charge in [-0.15, -0.1) is 0 Å². The Morgan fingerprint density at radius 2 is 1.80 bits per heavy atom. The highest BCUT2D eigenvalue weighted by Gasteiger charge is 2.03. The summed E-state index contributed by atoms with van der Waals surface area (Å²) in [6.45, 7) is 9.95. The van der Waals surface area contributed by atoms with E-state index in [-0.39, 0.29) is 5.82 Å². The number of hydrogen-bond donors (Lipinski definition) is 0. The third-order valence-electron chi connectivity index (χ3n) is 1.73. The maximum atomic E-state index is 12.9. The molecule has 0 unspecified atom stereocenters. The number of aryl methyl sites for hydroxylation is 1. The molecule has 0 heterocycles. The van der Waals surface area contributed by atoms with Crippen LogP contribution >= 0.6 is 15.9 Å². The Bertz CT molecular complexity index is 327. The van der Waals surface area contributed by atoms with Crippen molar-refractivity contribution in [3.8, 4) is 0 Å². The first-order valence-corrected chi connectivity index (χ1v) is 5.90. The van der Waals surface area contributed by atoms with Crippen LogP contribution in [0.3, 0.4) is 0 Å². The second-order valence-electron chi connectivity index (χ2n) is 3.34. The minimum absolute atomic E-state index is 0.199. The highest BCUT2D eigenvalue weighted by Crippen LogP contribution is 2.24. The van der Waals surface area contributed by atoms with Gasteiger partial charge in [0.15, 0.2) is 0 Å². The molecule has 0 aromatic heterocycles. The molecule has 0 radical (unpaired) electrons. The van der Waals surface area contributed by atoms with Crippen LogP contribution < -0.4 is 0 Å². The lowest BCUT2D eigenvalue weighted by Gasteiger charge is -2.04. The van der Waals surface area contributed by atoms with Gasteiger partial charge in [-0.25, -0.2) is 4.39 Å². The van der Waals surface area contributed by atoms with E-state index in [1.54, 1.807) is 6.07 Å². The molecule has 0 aliphatic heterocycles. The molecule has 1 aromatic rings. The van der Waals surface area contributed by atoms with Gasteiger partial charge >= 0.3 is 0 Å². The van der Waals surface area contributed by atoms with Crippen LogP contribution in [0.15, 0.2) is 22.2 Å². The molecule has 0 atom stereocenters. The van der Waals surface area contributed by atoms with Crippen molar-refractivity contribution in [3.63, 3.8) is 0 Å². The molecule has 1 aromatic carbocycles. The fourth-order valence-corrected chi connectivity index (χ4v) is 1.83. The maximum Gasteiger partial charge on any atom is 0.124 e. The molecule has 0 amide bonds. The first-order valence-electron chi connectivity index (χ1n) is 5.11. The second-order valence-corrected chi connectivity index (χ2v) is 4.19. The Balaban J connectivity index is 0.000000921. The molecule has 0 nitrogen and oxygen atoms in total. The van der Waals surface area contributed by atoms with Gasteiger partial charge < -0.3 is 0 Å². The molecule has 84 valence electrons. The average Bonchev–Trinajstić information content (AvgIpc) is 2.14. The number of rotatable bonds is 1. The van der Waals surface area contributed by atoms with Crippen molar-refractivity contribution in [3.05, 3.63) is 39.1 Å². The van der Waals surface area contributed by atoms with E-state index < -0.39 is 0 Å². The standard InChI is InChI=1S/C11H12BrF.C2H6/c1-7(2)4-10-8(3)5-9(13)6-11(10)12;1-2/h4-6H,1-3H3;1-2H3. The van der Waals surface area contributed by atoms with Gasteiger partial charge in [0.1, 0.15) is 5.82 Å². The van der Waals surface area contributed by atoms with Gasteiger partial charge in [-0.3, -0.25) is 0 Å². The first-order chi connectivity index (χ1) is 7.00. The summed E-state index contributed by atoms with van der Waals surface area (Å²) in [7, 11) is 0. The molecule has 0 saturated carbocycles. The molecule has 0 fully saturated rings. The topological polar surface area (TPSA) is 0 Å². The van der Waals surface area contributed by atoms with E-state index in [9.17, 15) is 4.39 Å². The fourth-order valence-electron chi connectivity index (χ4n) is 1.18. The highest BCUT2D eigenvalue weighted by atomic mass is 79.9. The molecule has 2 heteroatoms. The molecule has 0 saturated heterocycles. The van der Waals surface area contributed by atoms with Crippen LogP contribution in [-0.4, -0.2) is 0 Å². The summed E-state index contributed by atoms with van der Waals surface area (Å²) in [4.78, 5) is 0. The van der Waals surface area contributed by atoms with Crippen molar-refractivity contribution >= 4 is 22.0 Å². The Kier molecular flexibility index (Phi) is 6.50. The van der Waals surface area contributed by atoms with Crippen LogP contribution in [-0.2, 0) is 0 Å². The summed E-state index contributed by atoms with van der Waals surface area (Å²) < 4.78 is 13.7. The Hall–Kier alpha value is -0.630. The van der Waals surface area contributed by atoms with Crippen LogP contribution in [0.5, 0.6) is 0 Å². The van der Waals surface area contributed by atoms with Crippen molar-refractivity contribution in [2.45, 2.75) is 34.6 Å². The zero-order valence-corrected chi connectivity index (χ0v) is 11.6. The minimum atomic E-state index is -0.199. The molecular weight excluding hydrogens is 255 g/mol. The summed E-state index contributed by atoms with van der Waals surface area (Å²) >= 11 is 3.34. The number of halogens is 2. The zero-order valence-electron chi connectivity index (χ0n) is 9.99. The summed E-state index contributed by atoms with van der Waals surface area (Å²) in [6.07, 6.45) is 2.04. The van der Waals surface area contributed by atoms with Gasteiger partial charge in [-0.2, -0.15) is 0 Å². The predicted octanol–water partition coefficient (Wildman–Crippen LogP) is 5.35. The quantitative estimate of drug-likeness (QED) is 0.647. The van der Waals surface area contributed by atoms with Crippen LogP contribution in [0.25, 0.3) is 6.08 Å². The molecule has 0 spiro atoms. The first kappa shape index (κ1) is 14.4.